The summed E-state index contributed by atoms with van der Waals surface area (Å²) >= 11 is 1.03. The van der Waals surface area contributed by atoms with Gasteiger partial charge < -0.3 is 9.42 Å². The highest BCUT2D eigenvalue weighted by Crippen LogP contribution is 2.35. The highest BCUT2D eigenvalue weighted by molar-refractivity contribution is 7.15. The number of alkyl halides is 6. The van der Waals surface area contributed by atoms with Gasteiger partial charge in [0.05, 0.1) is 28.9 Å². The molecule has 0 bridgehead atoms. The summed E-state index contributed by atoms with van der Waals surface area (Å²) in [5.74, 6) is -1.69. The van der Waals surface area contributed by atoms with Gasteiger partial charge >= 0.3 is 18.2 Å². The zero-order valence-electron chi connectivity index (χ0n) is 16.4. The van der Waals surface area contributed by atoms with E-state index in [0.29, 0.717) is 16.8 Å². The van der Waals surface area contributed by atoms with Gasteiger partial charge in [-0.1, -0.05) is 5.16 Å². The normalized spacial score (nSPS) is 12.2. The van der Waals surface area contributed by atoms with Crippen LogP contribution < -0.4 is 4.90 Å². The molecule has 0 saturated carbocycles. The predicted octanol–water partition coefficient (Wildman–Crippen LogP) is 5.06. The van der Waals surface area contributed by atoms with Crippen molar-refractivity contribution in [2.45, 2.75) is 25.8 Å². The molecule has 0 radical (unpaired) electrons. The quantitative estimate of drug-likeness (QED) is 0.361. The summed E-state index contributed by atoms with van der Waals surface area (Å²) in [6.45, 7) is 1.67. The second kappa shape index (κ2) is 8.38. The second-order valence-corrected chi connectivity index (χ2v) is 7.77. The van der Waals surface area contributed by atoms with Gasteiger partial charge in [0.2, 0.25) is 5.82 Å². The van der Waals surface area contributed by atoms with Gasteiger partial charge in [0.15, 0.2) is 11.6 Å². The average Bonchev–Trinajstić information content (AvgIpc) is 3.42. The Kier molecular flexibility index (Phi) is 5.73. The first-order valence-electron chi connectivity index (χ1n) is 8.98. The topological polar surface area (TPSA) is 93.7 Å². The maximum absolute atomic E-state index is 13.2. The molecule has 0 atom stereocenters. The summed E-state index contributed by atoms with van der Waals surface area (Å²) in [6.07, 6.45) is -8.82. The molecule has 4 aromatic heterocycles. The van der Waals surface area contributed by atoms with Crippen molar-refractivity contribution in [1.82, 2.24) is 30.5 Å². The lowest BCUT2D eigenvalue weighted by atomic mass is 10.2. The van der Waals surface area contributed by atoms with E-state index in [-0.39, 0.29) is 28.9 Å². The molecular formula is C18H11F6N7OS. The van der Waals surface area contributed by atoms with Crippen molar-refractivity contribution in [1.29, 1.82) is 0 Å². The van der Waals surface area contributed by atoms with Crippen LogP contribution in [0.1, 0.15) is 22.0 Å². The Morgan fingerprint density at radius 2 is 1.73 bits per heavy atom. The Morgan fingerprint density at radius 3 is 2.36 bits per heavy atom. The van der Waals surface area contributed by atoms with Gasteiger partial charge in [-0.2, -0.15) is 41.5 Å². The predicted molar refractivity (Wildman–Crippen MR) is 102 cm³/mol. The molecule has 15 heteroatoms. The van der Waals surface area contributed by atoms with Crippen LogP contribution in [0.2, 0.25) is 0 Å². The van der Waals surface area contributed by atoms with Crippen LogP contribution in [0.3, 0.4) is 0 Å². The van der Waals surface area contributed by atoms with Gasteiger partial charge in [-0.25, -0.2) is 0 Å². The fourth-order valence-corrected chi connectivity index (χ4v) is 3.56. The molecule has 0 amide bonds. The molecule has 8 nitrogen and oxygen atoms in total. The molecule has 0 unspecified atom stereocenters. The minimum absolute atomic E-state index is 0.0254. The maximum Gasteiger partial charge on any atom is 0.471 e. The zero-order chi connectivity index (χ0) is 23.8. The summed E-state index contributed by atoms with van der Waals surface area (Å²) in [5.41, 5.74) is -0.416. The van der Waals surface area contributed by atoms with Crippen LogP contribution in [-0.4, -0.2) is 30.5 Å². The lowest BCUT2D eigenvalue weighted by Crippen LogP contribution is -2.20. The number of rotatable bonds is 5. The molecule has 0 fully saturated rings. The molecule has 4 rings (SSSR count). The highest BCUT2D eigenvalue weighted by atomic mass is 32.1. The Balaban J connectivity index is 1.67. The number of hydrogen-bond donors (Lipinski definition) is 0. The summed E-state index contributed by atoms with van der Waals surface area (Å²) in [6, 6.07) is 7.03. The largest absolute Gasteiger partial charge is 0.471 e. The van der Waals surface area contributed by atoms with Gasteiger partial charge in [0.25, 0.3) is 0 Å². The monoisotopic (exact) mass is 487 g/mol. The number of nitrogens with zero attached hydrogens (tertiary/aromatic N) is 7. The number of halogens is 6. The summed E-state index contributed by atoms with van der Waals surface area (Å²) < 4.78 is 81.9. The van der Waals surface area contributed by atoms with E-state index < -0.39 is 23.8 Å². The molecule has 0 aliphatic heterocycles. The van der Waals surface area contributed by atoms with E-state index in [1.54, 1.807) is 25.1 Å². The van der Waals surface area contributed by atoms with Crippen molar-refractivity contribution in [2.24, 2.45) is 0 Å². The molecule has 0 N–H and O–H groups in total. The summed E-state index contributed by atoms with van der Waals surface area (Å²) in [5, 5.41) is 18.5. The number of hydrogen-bond acceptors (Lipinski definition) is 9. The van der Waals surface area contributed by atoms with Crippen LogP contribution in [0.25, 0.3) is 10.7 Å². The van der Waals surface area contributed by atoms with E-state index in [1.807, 2.05) is 0 Å². The molecule has 0 saturated heterocycles. The van der Waals surface area contributed by atoms with Gasteiger partial charge in [-0.15, -0.1) is 21.5 Å². The molecule has 0 aromatic carbocycles. The smallest absolute Gasteiger partial charge is 0.329 e. The minimum Gasteiger partial charge on any atom is -0.329 e. The van der Waals surface area contributed by atoms with Crippen LogP contribution in [-0.2, 0) is 18.9 Å². The van der Waals surface area contributed by atoms with Crippen molar-refractivity contribution in [3.63, 3.8) is 0 Å². The lowest BCUT2D eigenvalue weighted by molar-refractivity contribution is -0.159. The molecule has 0 spiro atoms. The van der Waals surface area contributed by atoms with E-state index >= 15 is 0 Å². The third-order valence-electron chi connectivity index (χ3n) is 4.17. The average molecular weight is 487 g/mol. The van der Waals surface area contributed by atoms with Crippen LogP contribution in [0.5, 0.6) is 0 Å². The van der Waals surface area contributed by atoms with E-state index in [0.717, 1.165) is 17.4 Å². The van der Waals surface area contributed by atoms with Crippen molar-refractivity contribution >= 4 is 23.0 Å². The van der Waals surface area contributed by atoms with Crippen molar-refractivity contribution < 1.29 is 30.9 Å². The fourth-order valence-electron chi connectivity index (χ4n) is 2.64. The van der Waals surface area contributed by atoms with Crippen LogP contribution in [0.15, 0.2) is 41.1 Å². The van der Waals surface area contributed by atoms with Gasteiger partial charge in [-0.3, -0.25) is 0 Å². The van der Waals surface area contributed by atoms with Crippen molar-refractivity contribution in [2.75, 3.05) is 4.90 Å². The molecule has 33 heavy (non-hydrogen) atoms. The van der Waals surface area contributed by atoms with Crippen LogP contribution in [0.4, 0.5) is 38.0 Å². The lowest BCUT2D eigenvalue weighted by Gasteiger charge is -2.22. The van der Waals surface area contributed by atoms with Gasteiger partial charge in [0, 0.05) is 4.88 Å². The Hall–Kier alpha value is -3.62. The maximum atomic E-state index is 13.2. The summed E-state index contributed by atoms with van der Waals surface area (Å²) in [7, 11) is 0. The van der Waals surface area contributed by atoms with E-state index in [1.165, 1.54) is 11.0 Å². The van der Waals surface area contributed by atoms with Crippen LogP contribution >= 0.6 is 11.3 Å². The summed E-state index contributed by atoms with van der Waals surface area (Å²) in [4.78, 5) is 5.50. The first kappa shape index (κ1) is 22.6. The third kappa shape index (κ3) is 5.08. The molecule has 0 aliphatic rings. The molecule has 0 aliphatic carbocycles. The SMILES string of the molecule is Cc1ccc(N(Cc2ccc(-c3noc(C(F)(F)F)n3)s2)c2cc(C(F)(F)F)cnn2)nn1. The standard InChI is InChI=1S/C18H11F6N7OS/c1-9-2-5-13(29-27-9)31(14-6-10(7-25-28-14)17(19,20)21)8-11-3-4-12(33-11)15-26-16(32-30-15)18(22,23)24/h2-7H,8H2,1H3. The number of aryl methyl sites for hydroxylation is 1. The Labute approximate surface area is 184 Å². The first-order chi connectivity index (χ1) is 15.5. The Bertz CT molecular complexity index is 1250. The molecular weight excluding hydrogens is 476 g/mol. The van der Waals surface area contributed by atoms with Gasteiger partial charge in [0.1, 0.15) is 0 Å². The number of anilines is 2. The molecule has 172 valence electrons. The molecule has 4 aromatic rings. The minimum atomic E-state index is -4.78. The van der Waals surface area contributed by atoms with Crippen LogP contribution in [0, 0.1) is 6.92 Å². The van der Waals surface area contributed by atoms with Crippen molar-refractivity contribution in [3.05, 3.63) is 58.6 Å². The highest BCUT2D eigenvalue weighted by Gasteiger charge is 2.38. The second-order valence-electron chi connectivity index (χ2n) is 6.61. The van der Waals surface area contributed by atoms with Gasteiger partial charge in [-0.05, 0) is 37.3 Å². The first-order valence-corrected chi connectivity index (χ1v) is 9.80. The third-order valence-corrected chi connectivity index (χ3v) is 5.24. The van der Waals surface area contributed by atoms with E-state index in [9.17, 15) is 26.3 Å². The van der Waals surface area contributed by atoms with E-state index in [2.05, 4.69) is 35.1 Å². The van der Waals surface area contributed by atoms with Crippen molar-refractivity contribution in [3.8, 4) is 10.7 Å². The van der Waals surface area contributed by atoms with E-state index in [4.69, 9.17) is 0 Å². The Morgan fingerprint density at radius 1 is 0.939 bits per heavy atom. The fraction of sp³-hybridized carbons (Fsp3) is 0.222. The molecule has 4 heterocycles. The zero-order valence-corrected chi connectivity index (χ0v) is 17.2. The number of aromatic nitrogens is 6. The number of thiophene rings is 1.